The number of carbonyl (C=O) groups excluding carboxylic acids is 1. The third-order valence-electron chi connectivity index (χ3n) is 4.16. The van der Waals surface area contributed by atoms with E-state index in [0.29, 0.717) is 24.5 Å². The molecule has 1 atom stereocenters. The zero-order chi connectivity index (χ0) is 16.5. The first kappa shape index (κ1) is 14.6. The number of aromatic nitrogens is 5. The van der Waals surface area contributed by atoms with Crippen LogP contribution in [0.25, 0.3) is 11.3 Å². The van der Waals surface area contributed by atoms with Crippen LogP contribution in [0.1, 0.15) is 23.0 Å². The van der Waals surface area contributed by atoms with Gasteiger partial charge in [-0.25, -0.2) is 4.39 Å². The highest BCUT2D eigenvalue weighted by atomic mass is 19.1. The Balaban J connectivity index is 1.48. The average Bonchev–Trinajstić information content (AvgIpc) is 3.34. The molecular weight excluding hydrogens is 311 g/mol. The summed E-state index contributed by atoms with van der Waals surface area (Å²) in [4.78, 5) is 16.0. The second kappa shape index (κ2) is 5.88. The number of carbonyl (C=O) groups is 1. The average molecular weight is 326 g/mol. The van der Waals surface area contributed by atoms with Crippen molar-refractivity contribution in [1.29, 1.82) is 0 Å². The van der Waals surface area contributed by atoms with Gasteiger partial charge >= 0.3 is 0 Å². The molecule has 0 saturated carbocycles. The monoisotopic (exact) mass is 326 g/mol. The highest BCUT2D eigenvalue weighted by molar-refractivity contribution is 5.93. The second-order valence-electron chi connectivity index (χ2n) is 5.72. The summed E-state index contributed by atoms with van der Waals surface area (Å²) in [5, 5.41) is 15.2. The van der Waals surface area contributed by atoms with Crippen LogP contribution in [0.4, 0.5) is 4.39 Å². The number of nitrogens with one attached hydrogen (secondary N) is 1. The predicted octanol–water partition coefficient (Wildman–Crippen LogP) is 1.89. The normalized spacial score (nSPS) is 17.4. The Morgan fingerprint density at radius 3 is 2.71 bits per heavy atom. The van der Waals surface area contributed by atoms with E-state index < -0.39 is 0 Å². The Kier molecular flexibility index (Phi) is 3.56. The van der Waals surface area contributed by atoms with Crippen LogP contribution in [0.3, 0.4) is 0 Å². The molecule has 1 N–H and O–H groups in total. The van der Waals surface area contributed by atoms with Gasteiger partial charge in [0.15, 0.2) is 0 Å². The fourth-order valence-electron chi connectivity index (χ4n) is 2.90. The van der Waals surface area contributed by atoms with Gasteiger partial charge in [-0.3, -0.25) is 9.89 Å². The summed E-state index contributed by atoms with van der Waals surface area (Å²) in [6.07, 6.45) is 4.09. The van der Waals surface area contributed by atoms with Crippen LogP contribution < -0.4 is 0 Å². The smallest absolute Gasteiger partial charge is 0.271 e. The van der Waals surface area contributed by atoms with Gasteiger partial charge in [-0.2, -0.15) is 20.1 Å². The summed E-state index contributed by atoms with van der Waals surface area (Å²) in [5.41, 5.74) is 1.79. The first-order valence-corrected chi connectivity index (χ1v) is 7.67. The fraction of sp³-hybridized carbons (Fsp3) is 0.250. The van der Waals surface area contributed by atoms with Gasteiger partial charge in [-0.05, 0) is 36.8 Å². The second-order valence-corrected chi connectivity index (χ2v) is 5.72. The van der Waals surface area contributed by atoms with Crippen LogP contribution in [0.2, 0.25) is 0 Å². The van der Waals surface area contributed by atoms with E-state index in [-0.39, 0.29) is 17.8 Å². The summed E-state index contributed by atoms with van der Waals surface area (Å²) in [7, 11) is 0. The third kappa shape index (κ3) is 2.66. The molecule has 1 aliphatic rings. The highest BCUT2D eigenvalue weighted by Crippen LogP contribution is 2.23. The van der Waals surface area contributed by atoms with Gasteiger partial charge in [0, 0.05) is 18.7 Å². The topological polar surface area (TPSA) is 79.7 Å². The van der Waals surface area contributed by atoms with Gasteiger partial charge < -0.3 is 4.90 Å². The minimum absolute atomic E-state index is 0.100. The van der Waals surface area contributed by atoms with Crippen molar-refractivity contribution < 1.29 is 9.18 Å². The first-order valence-electron chi connectivity index (χ1n) is 7.67. The molecule has 122 valence electrons. The summed E-state index contributed by atoms with van der Waals surface area (Å²) >= 11 is 0. The molecule has 3 heterocycles. The van der Waals surface area contributed by atoms with E-state index in [2.05, 4.69) is 20.4 Å². The minimum atomic E-state index is -0.305. The molecule has 8 heteroatoms. The Labute approximate surface area is 137 Å². The molecule has 1 aromatic carbocycles. The largest absolute Gasteiger partial charge is 0.335 e. The Hall–Kier alpha value is -3.03. The molecule has 1 aliphatic heterocycles. The molecule has 4 rings (SSSR count). The van der Waals surface area contributed by atoms with Crippen molar-refractivity contribution in [2.75, 3.05) is 13.1 Å². The maximum atomic E-state index is 13.0. The number of amides is 1. The molecule has 7 nitrogen and oxygen atoms in total. The lowest BCUT2D eigenvalue weighted by Crippen LogP contribution is -2.29. The Bertz CT molecular complexity index is 842. The summed E-state index contributed by atoms with van der Waals surface area (Å²) in [6, 6.07) is 7.80. The summed E-state index contributed by atoms with van der Waals surface area (Å²) in [6.45, 7) is 1.22. The zero-order valence-electron chi connectivity index (χ0n) is 12.8. The van der Waals surface area contributed by atoms with Gasteiger partial charge in [-0.1, -0.05) is 0 Å². The fourth-order valence-corrected chi connectivity index (χ4v) is 2.90. The number of hydrogen-bond donors (Lipinski definition) is 1. The lowest BCUT2D eigenvalue weighted by atomic mass is 10.1. The van der Waals surface area contributed by atoms with E-state index in [1.165, 1.54) is 12.1 Å². The molecule has 1 amide bonds. The van der Waals surface area contributed by atoms with E-state index in [1.807, 2.05) is 0 Å². The number of benzene rings is 1. The number of aromatic amines is 1. The summed E-state index contributed by atoms with van der Waals surface area (Å²) in [5.74, 6) is -0.411. The molecule has 0 bridgehead atoms. The van der Waals surface area contributed by atoms with Crippen LogP contribution in [0.5, 0.6) is 0 Å². The van der Waals surface area contributed by atoms with Crippen LogP contribution in [0.15, 0.2) is 42.7 Å². The van der Waals surface area contributed by atoms with Crippen molar-refractivity contribution in [2.45, 2.75) is 12.5 Å². The van der Waals surface area contributed by atoms with Crippen molar-refractivity contribution in [1.82, 2.24) is 30.1 Å². The van der Waals surface area contributed by atoms with Crippen LogP contribution in [-0.4, -0.2) is 49.1 Å². The van der Waals surface area contributed by atoms with E-state index in [0.717, 1.165) is 12.0 Å². The van der Waals surface area contributed by atoms with Crippen molar-refractivity contribution >= 4 is 5.91 Å². The number of hydrogen-bond acceptors (Lipinski definition) is 4. The molecule has 0 spiro atoms. The van der Waals surface area contributed by atoms with Gasteiger partial charge in [-0.15, -0.1) is 0 Å². The maximum Gasteiger partial charge on any atom is 0.271 e. The third-order valence-corrected chi connectivity index (χ3v) is 4.16. The quantitative estimate of drug-likeness (QED) is 0.797. The number of nitrogens with zero attached hydrogens (tertiary/aromatic N) is 5. The first-order chi connectivity index (χ1) is 11.7. The van der Waals surface area contributed by atoms with Crippen LogP contribution >= 0.6 is 0 Å². The highest BCUT2D eigenvalue weighted by Gasteiger charge is 2.29. The lowest BCUT2D eigenvalue weighted by molar-refractivity contribution is 0.0780. The van der Waals surface area contributed by atoms with Gasteiger partial charge in [0.2, 0.25) is 0 Å². The van der Waals surface area contributed by atoms with Crippen molar-refractivity contribution in [3.8, 4) is 11.3 Å². The van der Waals surface area contributed by atoms with E-state index in [9.17, 15) is 9.18 Å². The number of halogens is 1. The molecule has 2 aromatic heterocycles. The van der Waals surface area contributed by atoms with Gasteiger partial charge in [0.05, 0.1) is 24.1 Å². The standard InChI is InChI=1S/C16H15FN6O/c17-12-3-1-11(2-4-12)14-9-15(21-20-14)16(24)22-8-5-13(10-22)23-18-6-7-19-23/h1-4,6-7,9,13H,5,8,10H2,(H,20,21). The Morgan fingerprint density at radius 1 is 1.21 bits per heavy atom. The molecule has 1 fully saturated rings. The maximum absolute atomic E-state index is 13.0. The number of likely N-dealkylation sites (tertiary alicyclic amines) is 1. The molecule has 24 heavy (non-hydrogen) atoms. The van der Waals surface area contributed by atoms with Gasteiger partial charge in [0.25, 0.3) is 5.91 Å². The molecule has 3 aromatic rings. The van der Waals surface area contributed by atoms with Crippen LogP contribution in [-0.2, 0) is 0 Å². The lowest BCUT2D eigenvalue weighted by Gasteiger charge is -2.14. The molecule has 0 aliphatic carbocycles. The minimum Gasteiger partial charge on any atom is -0.335 e. The Morgan fingerprint density at radius 2 is 1.96 bits per heavy atom. The predicted molar refractivity (Wildman–Crippen MR) is 83.6 cm³/mol. The SMILES string of the molecule is O=C(c1cc(-c2ccc(F)cc2)n[nH]1)N1CCC(n2nccn2)C1. The zero-order valence-corrected chi connectivity index (χ0v) is 12.8. The van der Waals surface area contributed by atoms with E-state index in [1.54, 1.807) is 40.3 Å². The van der Waals surface area contributed by atoms with Crippen molar-refractivity contribution in [3.63, 3.8) is 0 Å². The van der Waals surface area contributed by atoms with Crippen molar-refractivity contribution in [2.24, 2.45) is 0 Å². The number of rotatable bonds is 3. The van der Waals surface area contributed by atoms with E-state index in [4.69, 9.17) is 0 Å². The van der Waals surface area contributed by atoms with Crippen LogP contribution in [0, 0.1) is 5.82 Å². The molecule has 0 radical (unpaired) electrons. The number of H-pyrrole nitrogens is 1. The summed E-state index contributed by atoms with van der Waals surface area (Å²) < 4.78 is 13.0. The molecule has 1 saturated heterocycles. The van der Waals surface area contributed by atoms with Crippen molar-refractivity contribution in [3.05, 3.63) is 54.2 Å². The van der Waals surface area contributed by atoms with Gasteiger partial charge in [0.1, 0.15) is 11.5 Å². The molecule has 1 unspecified atom stereocenters. The molecular formula is C16H15FN6O. The van der Waals surface area contributed by atoms with E-state index >= 15 is 0 Å².